The maximum absolute atomic E-state index is 13.0. The number of aliphatic hydroxyl groups is 1. The molecule has 0 aliphatic rings. The third-order valence-corrected chi connectivity index (χ3v) is 18.3. The third kappa shape index (κ3) is 64.6. The maximum atomic E-state index is 13.0. The molecule has 528 valence electrons. The van der Waals surface area contributed by atoms with Crippen molar-refractivity contribution in [2.24, 2.45) is 0 Å². The number of carbonyl (C=O) groups excluding carboxylic acids is 4. The van der Waals surface area contributed by atoms with Crippen molar-refractivity contribution in [3.8, 4) is 0 Å². The van der Waals surface area contributed by atoms with E-state index in [2.05, 4.69) is 27.7 Å². The van der Waals surface area contributed by atoms with E-state index in [9.17, 15) is 43.2 Å². The Morgan fingerprint density at radius 2 is 0.449 bits per heavy atom. The molecule has 0 aliphatic carbocycles. The lowest BCUT2D eigenvalue weighted by Gasteiger charge is -2.21. The van der Waals surface area contributed by atoms with Crippen molar-refractivity contribution in [1.29, 1.82) is 0 Å². The summed E-state index contributed by atoms with van der Waals surface area (Å²) in [6.45, 7) is 4.90. The lowest BCUT2D eigenvalue weighted by Crippen LogP contribution is -2.30. The van der Waals surface area contributed by atoms with Crippen LogP contribution in [0.4, 0.5) is 0 Å². The number of unbranched alkanes of at least 4 members (excludes halogenated alkanes) is 45. The van der Waals surface area contributed by atoms with Crippen molar-refractivity contribution in [2.45, 2.75) is 386 Å². The number of ether oxygens (including phenoxy) is 4. The summed E-state index contributed by atoms with van der Waals surface area (Å²) in [5, 5.41) is 10.6. The Labute approximate surface area is 543 Å². The molecule has 5 atom stereocenters. The molecule has 0 aliphatic heterocycles. The summed E-state index contributed by atoms with van der Waals surface area (Å²) in [5.41, 5.74) is 0. The van der Waals surface area contributed by atoms with Gasteiger partial charge in [-0.3, -0.25) is 37.3 Å². The Hall–Kier alpha value is -1.94. The fourth-order valence-corrected chi connectivity index (χ4v) is 12.3. The van der Waals surface area contributed by atoms with Gasteiger partial charge < -0.3 is 33.8 Å². The summed E-state index contributed by atoms with van der Waals surface area (Å²) >= 11 is 0. The lowest BCUT2D eigenvalue weighted by atomic mass is 10.0. The van der Waals surface area contributed by atoms with Crippen LogP contribution in [0.2, 0.25) is 0 Å². The molecule has 0 rings (SSSR count). The monoisotopic (exact) mass is 1310 g/mol. The molecule has 0 spiro atoms. The Morgan fingerprint density at radius 1 is 0.270 bits per heavy atom. The summed E-state index contributed by atoms with van der Waals surface area (Å²) in [7, 11) is -9.89. The Kier molecular flexibility index (Phi) is 63.3. The van der Waals surface area contributed by atoms with Crippen molar-refractivity contribution in [1.82, 2.24) is 0 Å². The molecular weight excluding hydrogens is 1170 g/mol. The predicted molar refractivity (Wildman–Crippen MR) is 359 cm³/mol. The van der Waals surface area contributed by atoms with E-state index in [0.717, 1.165) is 103 Å². The average molecular weight is 1310 g/mol. The van der Waals surface area contributed by atoms with E-state index in [1.807, 2.05) is 0 Å². The summed E-state index contributed by atoms with van der Waals surface area (Å²) in [6.07, 6.45) is 52.8. The second kappa shape index (κ2) is 64.8. The van der Waals surface area contributed by atoms with Crippen LogP contribution in [0, 0.1) is 0 Å². The highest BCUT2D eigenvalue weighted by atomic mass is 31.2. The number of aliphatic hydroxyl groups excluding tert-OH is 1. The average Bonchev–Trinajstić information content (AvgIpc) is 3.67. The number of carbonyl (C=O) groups is 4. The number of esters is 4. The molecule has 19 heteroatoms. The fourth-order valence-electron chi connectivity index (χ4n) is 10.7. The van der Waals surface area contributed by atoms with Gasteiger partial charge in [-0.05, 0) is 25.7 Å². The SMILES string of the molecule is CCCCCCCCCCCCCCCCCCCCC(=O)O[C@H](COC(=O)CCCCCCCCCCCCCCCC)COP(=O)(O)OC[C@@H](O)COP(=O)(O)OC[C@@H](COC(=O)CCCCCCCCC)OC(=O)CCCCCCCCCCCC. The predicted octanol–water partition coefficient (Wildman–Crippen LogP) is 20.3. The molecule has 0 amide bonds. The molecule has 0 radical (unpaired) electrons. The normalized spacial score (nSPS) is 14.0. The van der Waals surface area contributed by atoms with Crippen molar-refractivity contribution in [3.63, 3.8) is 0 Å². The van der Waals surface area contributed by atoms with E-state index in [1.165, 1.54) is 186 Å². The molecule has 0 fully saturated rings. The topological polar surface area (TPSA) is 237 Å². The van der Waals surface area contributed by atoms with Crippen LogP contribution >= 0.6 is 15.6 Å². The molecule has 0 aromatic rings. The van der Waals surface area contributed by atoms with Crippen LogP contribution in [0.15, 0.2) is 0 Å². The largest absolute Gasteiger partial charge is 0.472 e. The first-order chi connectivity index (χ1) is 43.2. The van der Waals surface area contributed by atoms with Gasteiger partial charge in [0.25, 0.3) is 0 Å². The van der Waals surface area contributed by atoms with E-state index in [-0.39, 0.29) is 25.7 Å². The first-order valence-electron chi connectivity index (χ1n) is 36.8. The molecule has 3 N–H and O–H groups in total. The Balaban J connectivity index is 5.18. The minimum Gasteiger partial charge on any atom is -0.462 e. The van der Waals surface area contributed by atoms with Gasteiger partial charge in [0.1, 0.15) is 19.3 Å². The zero-order valence-corrected chi connectivity index (χ0v) is 59.2. The number of phosphoric acid groups is 2. The van der Waals surface area contributed by atoms with E-state index >= 15 is 0 Å². The van der Waals surface area contributed by atoms with Gasteiger partial charge in [-0.15, -0.1) is 0 Å². The second-order valence-corrected chi connectivity index (χ2v) is 28.2. The van der Waals surface area contributed by atoms with Gasteiger partial charge in [0, 0.05) is 25.7 Å². The van der Waals surface area contributed by atoms with Crippen molar-refractivity contribution < 1.29 is 80.2 Å². The summed E-state index contributed by atoms with van der Waals surface area (Å²) in [4.78, 5) is 72.4. The molecule has 17 nitrogen and oxygen atoms in total. The quantitative estimate of drug-likeness (QED) is 0.0222. The van der Waals surface area contributed by atoms with Crippen molar-refractivity contribution in [3.05, 3.63) is 0 Å². The van der Waals surface area contributed by atoms with Crippen LogP contribution in [0.3, 0.4) is 0 Å². The van der Waals surface area contributed by atoms with E-state index in [0.29, 0.717) is 25.7 Å². The smallest absolute Gasteiger partial charge is 0.462 e. The molecule has 89 heavy (non-hydrogen) atoms. The fraction of sp³-hybridized carbons (Fsp3) is 0.943. The van der Waals surface area contributed by atoms with Crippen LogP contribution in [0.1, 0.15) is 368 Å². The first kappa shape index (κ1) is 87.1. The Bertz CT molecular complexity index is 1710. The zero-order valence-electron chi connectivity index (χ0n) is 57.4. The molecule has 0 bridgehead atoms. The number of rotatable bonds is 71. The second-order valence-electron chi connectivity index (χ2n) is 25.3. The van der Waals surface area contributed by atoms with Gasteiger partial charge in [0.05, 0.1) is 26.4 Å². The highest BCUT2D eigenvalue weighted by Gasteiger charge is 2.30. The number of hydrogen-bond acceptors (Lipinski definition) is 15. The Morgan fingerprint density at radius 3 is 0.663 bits per heavy atom. The van der Waals surface area contributed by atoms with E-state index in [1.54, 1.807) is 0 Å². The number of hydrogen-bond donors (Lipinski definition) is 3. The minimum absolute atomic E-state index is 0.107. The van der Waals surface area contributed by atoms with Gasteiger partial charge in [0.15, 0.2) is 12.2 Å². The van der Waals surface area contributed by atoms with Crippen LogP contribution in [0.5, 0.6) is 0 Å². The molecule has 0 aromatic heterocycles. The highest BCUT2D eigenvalue weighted by Crippen LogP contribution is 2.45. The summed E-state index contributed by atoms with van der Waals surface area (Å²) in [5.74, 6) is -2.12. The summed E-state index contributed by atoms with van der Waals surface area (Å²) in [6, 6.07) is 0. The van der Waals surface area contributed by atoms with Gasteiger partial charge in [0.2, 0.25) is 0 Å². The lowest BCUT2D eigenvalue weighted by molar-refractivity contribution is -0.161. The summed E-state index contributed by atoms with van der Waals surface area (Å²) < 4.78 is 68.2. The van der Waals surface area contributed by atoms with Gasteiger partial charge in [-0.1, -0.05) is 317 Å². The van der Waals surface area contributed by atoms with Gasteiger partial charge in [-0.25, -0.2) is 9.13 Å². The number of phosphoric ester groups is 2. The standard InChI is InChI=1S/C70H136O17P2/c1-5-9-13-17-21-24-27-29-31-32-33-34-36-38-41-45-49-53-57-70(75)87-66(61-81-68(73)55-51-47-43-40-37-35-30-28-25-22-18-14-10-6-2)63-85-89(78,79)83-59-64(71)58-82-88(76,77)84-62-65(60-80-67(72)54-50-46-42-20-16-12-8-4)86-69(74)56-52-48-44-39-26-23-19-15-11-7-3/h64-66,71H,5-63H2,1-4H3,(H,76,77)(H,78,79)/t64-,65+,66+/m0/s1. The third-order valence-electron chi connectivity index (χ3n) is 16.4. The molecule has 0 saturated heterocycles. The van der Waals surface area contributed by atoms with Crippen LogP contribution in [-0.2, 0) is 65.4 Å². The molecular formula is C70H136O17P2. The van der Waals surface area contributed by atoms with Gasteiger partial charge >= 0.3 is 39.5 Å². The van der Waals surface area contributed by atoms with Crippen molar-refractivity contribution in [2.75, 3.05) is 39.6 Å². The zero-order chi connectivity index (χ0) is 65.4. The molecule has 2 unspecified atom stereocenters. The minimum atomic E-state index is -4.95. The molecule has 0 heterocycles. The van der Waals surface area contributed by atoms with Gasteiger partial charge in [-0.2, -0.15) is 0 Å². The van der Waals surface area contributed by atoms with E-state index in [4.69, 9.17) is 37.0 Å². The van der Waals surface area contributed by atoms with Crippen LogP contribution in [-0.4, -0.2) is 96.7 Å². The van der Waals surface area contributed by atoms with Crippen molar-refractivity contribution >= 4 is 39.5 Å². The molecule has 0 saturated carbocycles. The van der Waals surface area contributed by atoms with Crippen LogP contribution < -0.4 is 0 Å². The highest BCUT2D eigenvalue weighted by molar-refractivity contribution is 7.47. The maximum Gasteiger partial charge on any atom is 0.472 e. The molecule has 0 aromatic carbocycles. The van der Waals surface area contributed by atoms with Crippen LogP contribution in [0.25, 0.3) is 0 Å². The first-order valence-corrected chi connectivity index (χ1v) is 39.8. The van der Waals surface area contributed by atoms with E-state index < -0.39 is 97.5 Å².